The SMILES string of the molecule is Cc1ccc(C(=O)N2CC=C(C(C)(C)C(=O)OOc3ccccc3)CC2)cc1. The molecular formula is C23H25NO4. The highest BCUT2D eigenvalue weighted by atomic mass is 17.2. The maximum absolute atomic E-state index is 12.6. The van der Waals surface area contributed by atoms with Gasteiger partial charge in [0.15, 0.2) is 5.75 Å². The van der Waals surface area contributed by atoms with Crippen molar-refractivity contribution in [1.29, 1.82) is 0 Å². The summed E-state index contributed by atoms with van der Waals surface area (Å²) in [5.41, 5.74) is 1.92. The number of rotatable bonds is 5. The summed E-state index contributed by atoms with van der Waals surface area (Å²) in [5, 5.41) is 0. The highest BCUT2D eigenvalue weighted by molar-refractivity contribution is 5.94. The van der Waals surface area contributed by atoms with Gasteiger partial charge in [-0.15, -0.1) is 0 Å². The molecule has 0 bridgehead atoms. The molecule has 0 aliphatic carbocycles. The molecule has 28 heavy (non-hydrogen) atoms. The van der Waals surface area contributed by atoms with Crippen LogP contribution in [0.15, 0.2) is 66.2 Å². The fourth-order valence-electron chi connectivity index (χ4n) is 3.10. The average molecular weight is 379 g/mol. The van der Waals surface area contributed by atoms with Crippen LogP contribution in [0.5, 0.6) is 5.75 Å². The molecule has 5 nitrogen and oxygen atoms in total. The average Bonchev–Trinajstić information content (AvgIpc) is 2.73. The lowest BCUT2D eigenvalue weighted by Crippen LogP contribution is -2.39. The van der Waals surface area contributed by atoms with Crippen LogP contribution < -0.4 is 4.89 Å². The molecule has 3 rings (SSSR count). The topological polar surface area (TPSA) is 55.8 Å². The van der Waals surface area contributed by atoms with E-state index in [1.54, 1.807) is 29.2 Å². The molecule has 2 aromatic carbocycles. The van der Waals surface area contributed by atoms with Gasteiger partial charge < -0.3 is 4.90 Å². The molecule has 1 aliphatic heterocycles. The predicted octanol–water partition coefficient (Wildman–Crippen LogP) is 4.33. The fraction of sp³-hybridized carbons (Fsp3) is 0.304. The molecule has 1 amide bonds. The number of aryl methyl sites for hydroxylation is 1. The molecular weight excluding hydrogens is 354 g/mol. The molecule has 0 saturated carbocycles. The van der Waals surface area contributed by atoms with Crippen LogP contribution in [0.25, 0.3) is 0 Å². The van der Waals surface area contributed by atoms with Gasteiger partial charge in [0.2, 0.25) is 0 Å². The number of hydrogen-bond acceptors (Lipinski definition) is 4. The third kappa shape index (κ3) is 4.42. The minimum Gasteiger partial charge on any atom is -0.335 e. The van der Waals surface area contributed by atoms with Crippen molar-refractivity contribution < 1.29 is 19.4 Å². The zero-order valence-electron chi connectivity index (χ0n) is 16.5. The van der Waals surface area contributed by atoms with Gasteiger partial charge in [-0.1, -0.05) is 47.5 Å². The summed E-state index contributed by atoms with van der Waals surface area (Å²) in [6, 6.07) is 16.5. The highest BCUT2D eigenvalue weighted by Crippen LogP contribution is 2.33. The van der Waals surface area contributed by atoms with Crippen molar-refractivity contribution in [3.63, 3.8) is 0 Å². The molecule has 2 aromatic rings. The van der Waals surface area contributed by atoms with Gasteiger partial charge in [0.05, 0.1) is 5.41 Å². The summed E-state index contributed by atoms with van der Waals surface area (Å²) in [6.45, 7) is 6.65. The Morgan fingerprint density at radius 3 is 2.29 bits per heavy atom. The number of nitrogens with zero attached hydrogens (tertiary/aromatic N) is 1. The molecule has 1 heterocycles. The van der Waals surface area contributed by atoms with Gasteiger partial charge in [-0.3, -0.25) is 9.68 Å². The van der Waals surface area contributed by atoms with E-state index in [0.29, 0.717) is 30.8 Å². The van der Waals surface area contributed by atoms with Crippen molar-refractivity contribution in [3.8, 4) is 5.75 Å². The first-order valence-electron chi connectivity index (χ1n) is 9.37. The van der Waals surface area contributed by atoms with Crippen LogP contribution >= 0.6 is 0 Å². The van der Waals surface area contributed by atoms with E-state index in [0.717, 1.165) is 11.1 Å². The second-order valence-corrected chi connectivity index (χ2v) is 7.49. The summed E-state index contributed by atoms with van der Waals surface area (Å²) in [6.07, 6.45) is 2.56. The molecule has 0 aromatic heterocycles. The zero-order valence-corrected chi connectivity index (χ0v) is 16.5. The molecule has 0 spiro atoms. The van der Waals surface area contributed by atoms with E-state index in [9.17, 15) is 9.59 Å². The Labute approximate surface area is 165 Å². The van der Waals surface area contributed by atoms with E-state index in [1.807, 2.05) is 57.2 Å². The largest absolute Gasteiger partial charge is 0.364 e. The van der Waals surface area contributed by atoms with Crippen molar-refractivity contribution in [2.45, 2.75) is 27.2 Å². The molecule has 0 saturated heterocycles. The maximum Gasteiger partial charge on any atom is 0.364 e. The summed E-state index contributed by atoms with van der Waals surface area (Å²) >= 11 is 0. The molecule has 1 aliphatic rings. The lowest BCUT2D eigenvalue weighted by Gasteiger charge is -2.32. The summed E-state index contributed by atoms with van der Waals surface area (Å²) in [4.78, 5) is 37.1. The lowest BCUT2D eigenvalue weighted by atomic mass is 9.81. The van der Waals surface area contributed by atoms with E-state index in [4.69, 9.17) is 9.78 Å². The number of carbonyl (C=O) groups is 2. The van der Waals surface area contributed by atoms with E-state index in [2.05, 4.69) is 0 Å². The number of para-hydroxylation sites is 1. The molecule has 0 radical (unpaired) electrons. The standard InChI is InChI=1S/C23H25NO4/c1-17-9-11-18(12-10-17)21(25)24-15-13-19(14-16-24)23(2,3)22(26)28-27-20-7-5-4-6-8-20/h4-13H,14-16H2,1-3H3. The van der Waals surface area contributed by atoms with Crippen LogP contribution in [-0.2, 0) is 9.68 Å². The van der Waals surface area contributed by atoms with E-state index < -0.39 is 11.4 Å². The Balaban J connectivity index is 1.61. The van der Waals surface area contributed by atoms with E-state index in [-0.39, 0.29) is 5.91 Å². The first-order chi connectivity index (χ1) is 13.4. The highest BCUT2D eigenvalue weighted by Gasteiger charge is 2.36. The van der Waals surface area contributed by atoms with E-state index in [1.165, 1.54) is 0 Å². The van der Waals surface area contributed by atoms with Crippen LogP contribution in [0.4, 0.5) is 0 Å². The van der Waals surface area contributed by atoms with Crippen molar-refractivity contribution in [1.82, 2.24) is 4.90 Å². The first-order valence-corrected chi connectivity index (χ1v) is 9.37. The number of carbonyl (C=O) groups excluding carboxylic acids is 2. The van der Waals surface area contributed by atoms with Crippen molar-refractivity contribution >= 4 is 11.9 Å². The minimum absolute atomic E-state index is 0.00286. The Morgan fingerprint density at radius 2 is 1.68 bits per heavy atom. The minimum atomic E-state index is -0.826. The normalized spacial score (nSPS) is 14.2. The van der Waals surface area contributed by atoms with Gasteiger partial charge in [-0.2, -0.15) is 0 Å². The van der Waals surface area contributed by atoms with Gasteiger partial charge in [-0.25, -0.2) is 9.68 Å². The van der Waals surface area contributed by atoms with Crippen molar-refractivity contribution in [2.24, 2.45) is 5.41 Å². The molecule has 0 atom stereocenters. The second-order valence-electron chi connectivity index (χ2n) is 7.49. The fourth-order valence-corrected chi connectivity index (χ4v) is 3.10. The second kappa shape index (κ2) is 8.30. The third-order valence-corrected chi connectivity index (χ3v) is 5.06. The molecule has 5 heteroatoms. The van der Waals surface area contributed by atoms with Crippen LogP contribution in [0, 0.1) is 12.3 Å². The number of amides is 1. The van der Waals surface area contributed by atoms with Crippen molar-refractivity contribution in [3.05, 3.63) is 77.4 Å². The van der Waals surface area contributed by atoms with E-state index >= 15 is 0 Å². The van der Waals surface area contributed by atoms with Gasteiger partial charge in [0, 0.05) is 18.7 Å². The number of benzene rings is 2. The summed E-state index contributed by atoms with van der Waals surface area (Å²) < 4.78 is 0. The first kappa shape index (κ1) is 19.7. The molecule has 0 unspecified atom stereocenters. The van der Waals surface area contributed by atoms with Gasteiger partial charge in [0.1, 0.15) is 0 Å². The Bertz CT molecular complexity index is 869. The predicted molar refractivity (Wildman–Crippen MR) is 107 cm³/mol. The van der Waals surface area contributed by atoms with Crippen molar-refractivity contribution in [2.75, 3.05) is 13.1 Å². The third-order valence-electron chi connectivity index (χ3n) is 5.06. The molecule has 146 valence electrons. The smallest absolute Gasteiger partial charge is 0.335 e. The Morgan fingerprint density at radius 1 is 1.00 bits per heavy atom. The molecule has 0 fully saturated rings. The zero-order chi connectivity index (χ0) is 20.1. The summed E-state index contributed by atoms with van der Waals surface area (Å²) in [5.74, 6) is 0.0168. The van der Waals surface area contributed by atoms with Crippen LogP contribution in [0.2, 0.25) is 0 Å². The van der Waals surface area contributed by atoms with Gasteiger partial charge >= 0.3 is 5.97 Å². The Kier molecular flexibility index (Phi) is 5.83. The Hall–Kier alpha value is -3.08. The van der Waals surface area contributed by atoms with Gasteiger partial charge in [0.25, 0.3) is 5.91 Å². The van der Waals surface area contributed by atoms with Crippen LogP contribution in [0.3, 0.4) is 0 Å². The monoisotopic (exact) mass is 379 g/mol. The lowest BCUT2D eigenvalue weighted by molar-refractivity contribution is -0.222. The molecule has 0 N–H and O–H groups in total. The quantitative estimate of drug-likeness (QED) is 0.441. The van der Waals surface area contributed by atoms with Crippen LogP contribution in [0.1, 0.15) is 36.2 Å². The number of hydrogen-bond donors (Lipinski definition) is 0. The maximum atomic E-state index is 12.6. The van der Waals surface area contributed by atoms with Crippen LogP contribution in [-0.4, -0.2) is 29.9 Å². The summed E-state index contributed by atoms with van der Waals surface area (Å²) in [7, 11) is 0. The van der Waals surface area contributed by atoms with Gasteiger partial charge in [-0.05, 0) is 51.5 Å².